The summed E-state index contributed by atoms with van der Waals surface area (Å²) >= 11 is 0. The van der Waals surface area contributed by atoms with Gasteiger partial charge in [0, 0.05) is 5.92 Å². The molecule has 0 bridgehead atoms. The lowest BCUT2D eigenvalue weighted by Gasteiger charge is -2.20. The normalized spacial score (nSPS) is 21.5. The predicted molar refractivity (Wildman–Crippen MR) is 88.6 cm³/mol. The van der Waals surface area contributed by atoms with Crippen molar-refractivity contribution in [1.82, 2.24) is 5.32 Å². The van der Waals surface area contributed by atoms with E-state index in [1.165, 1.54) is 29.8 Å². The van der Waals surface area contributed by atoms with Crippen LogP contribution in [-0.4, -0.2) is 20.3 Å². The molecule has 0 aliphatic carbocycles. The number of nitrogens with one attached hydrogen (secondary N) is 1. The molecular formula is C18H20FNO2S. The second kappa shape index (κ2) is 6.42. The molecule has 1 fully saturated rings. The van der Waals surface area contributed by atoms with Gasteiger partial charge in [0.05, 0.1) is 4.90 Å². The molecule has 1 aliphatic heterocycles. The van der Waals surface area contributed by atoms with E-state index < -0.39 is 21.0 Å². The first-order chi connectivity index (χ1) is 11.0. The van der Waals surface area contributed by atoms with E-state index in [2.05, 4.69) is 24.4 Å². The summed E-state index contributed by atoms with van der Waals surface area (Å²) in [7, 11) is -3.55. The number of sulfone groups is 1. The minimum absolute atomic E-state index is 0.0871. The topological polar surface area (TPSA) is 46.2 Å². The van der Waals surface area contributed by atoms with E-state index in [0.717, 1.165) is 18.4 Å². The molecule has 122 valence electrons. The average molecular weight is 333 g/mol. The van der Waals surface area contributed by atoms with E-state index in [4.69, 9.17) is 0 Å². The zero-order chi connectivity index (χ0) is 16.4. The van der Waals surface area contributed by atoms with Crippen LogP contribution in [0, 0.1) is 5.82 Å². The molecule has 23 heavy (non-hydrogen) atoms. The van der Waals surface area contributed by atoms with Crippen molar-refractivity contribution in [1.29, 1.82) is 0 Å². The summed E-state index contributed by atoms with van der Waals surface area (Å²) in [6.45, 7) is 2.75. The van der Waals surface area contributed by atoms with Gasteiger partial charge < -0.3 is 5.32 Å². The van der Waals surface area contributed by atoms with Crippen molar-refractivity contribution < 1.29 is 12.8 Å². The van der Waals surface area contributed by atoms with Crippen molar-refractivity contribution in [2.24, 2.45) is 0 Å². The van der Waals surface area contributed by atoms with Crippen LogP contribution in [0.5, 0.6) is 0 Å². The summed E-state index contributed by atoms with van der Waals surface area (Å²) in [6, 6.07) is 13.2. The van der Waals surface area contributed by atoms with Crippen LogP contribution in [0.1, 0.15) is 30.4 Å². The van der Waals surface area contributed by atoms with E-state index in [9.17, 15) is 12.8 Å². The van der Waals surface area contributed by atoms with Gasteiger partial charge in [0.1, 0.15) is 11.2 Å². The second-order valence-corrected chi connectivity index (χ2v) is 7.93. The van der Waals surface area contributed by atoms with E-state index >= 15 is 0 Å². The number of hydrogen-bond acceptors (Lipinski definition) is 3. The Balaban J connectivity index is 1.92. The molecular weight excluding hydrogens is 313 g/mol. The average Bonchev–Trinajstić information content (AvgIpc) is 3.06. The highest BCUT2D eigenvalue weighted by molar-refractivity contribution is 7.92. The van der Waals surface area contributed by atoms with Gasteiger partial charge in [-0.2, -0.15) is 0 Å². The van der Waals surface area contributed by atoms with E-state index in [0.29, 0.717) is 6.54 Å². The summed E-state index contributed by atoms with van der Waals surface area (Å²) in [6.07, 6.45) is 1.73. The quantitative estimate of drug-likeness (QED) is 0.874. The number of halogens is 1. The predicted octanol–water partition coefficient (Wildman–Crippen LogP) is 3.27. The molecule has 0 spiro atoms. The van der Waals surface area contributed by atoms with Crippen molar-refractivity contribution >= 4 is 9.84 Å². The summed E-state index contributed by atoms with van der Waals surface area (Å²) in [5.74, 6) is -0.522. The second-order valence-electron chi connectivity index (χ2n) is 5.86. The fourth-order valence-corrected chi connectivity index (χ4v) is 4.99. The SMILES string of the molecule is CCc1ccc(C2CCNC2S(=O)(=O)c2ccc(F)cc2)cc1. The highest BCUT2D eigenvalue weighted by atomic mass is 32.2. The van der Waals surface area contributed by atoms with Gasteiger partial charge in [-0.3, -0.25) is 0 Å². The van der Waals surface area contributed by atoms with Crippen LogP contribution in [0.3, 0.4) is 0 Å². The summed E-state index contributed by atoms with van der Waals surface area (Å²) < 4.78 is 38.8. The Kier molecular flexibility index (Phi) is 4.50. The Hall–Kier alpha value is -1.72. The Morgan fingerprint density at radius 2 is 1.74 bits per heavy atom. The van der Waals surface area contributed by atoms with Crippen LogP contribution >= 0.6 is 0 Å². The largest absolute Gasteiger partial charge is 0.300 e. The molecule has 2 aromatic rings. The molecule has 2 aromatic carbocycles. The summed E-state index contributed by atoms with van der Waals surface area (Å²) in [4.78, 5) is 0.161. The molecule has 3 nitrogen and oxygen atoms in total. The number of aryl methyl sites for hydroxylation is 1. The first-order valence-corrected chi connectivity index (χ1v) is 9.38. The number of benzene rings is 2. The third-order valence-electron chi connectivity index (χ3n) is 4.46. The Morgan fingerprint density at radius 3 is 2.35 bits per heavy atom. The summed E-state index contributed by atoms with van der Waals surface area (Å²) in [5, 5.41) is 2.44. The molecule has 1 aliphatic rings. The third-order valence-corrected chi connectivity index (χ3v) is 6.55. The maximum atomic E-state index is 13.1. The zero-order valence-corrected chi connectivity index (χ0v) is 13.8. The molecule has 1 N–H and O–H groups in total. The Bertz CT molecular complexity index is 770. The van der Waals surface area contributed by atoms with Crippen LogP contribution < -0.4 is 5.32 Å². The Morgan fingerprint density at radius 1 is 1.09 bits per heavy atom. The van der Waals surface area contributed by atoms with Gasteiger partial charge in [0.25, 0.3) is 0 Å². The van der Waals surface area contributed by atoms with Gasteiger partial charge in [0.2, 0.25) is 0 Å². The molecule has 2 unspecified atom stereocenters. The van der Waals surface area contributed by atoms with Crippen molar-refractivity contribution in [2.75, 3.05) is 6.54 Å². The first kappa shape index (κ1) is 16.1. The highest BCUT2D eigenvalue weighted by Crippen LogP contribution is 2.33. The van der Waals surface area contributed by atoms with Gasteiger partial charge in [0.15, 0.2) is 9.84 Å². The maximum absolute atomic E-state index is 13.1. The van der Waals surface area contributed by atoms with Crippen LogP contribution in [0.15, 0.2) is 53.4 Å². The smallest absolute Gasteiger partial charge is 0.194 e. The Labute approximate surface area is 136 Å². The lowest BCUT2D eigenvalue weighted by atomic mass is 9.97. The van der Waals surface area contributed by atoms with Crippen LogP contribution in [-0.2, 0) is 16.3 Å². The lowest BCUT2D eigenvalue weighted by Crippen LogP contribution is -2.34. The van der Waals surface area contributed by atoms with Crippen LogP contribution in [0.4, 0.5) is 4.39 Å². The minimum Gasteiger partial charge on any atom is -0.300 e. The van der Waals surface area contributed by atoms with Gasteiger partial charge in [-0.25, -0.2) is 12.8 Å². The van der Waals surface area contributed by atoms with Crippen molar-refractivity contribution in [3.05, 3.63) is 65.5 Å². The monoisotopic (exact) mass is 333 g/mol. The maximum Gasteiger partial charge on any atom is 0.194 e. The van der Waals surface area contributed by atoms with Gasteiger partial charge in [-0.15, -0.1) is 0 Å². The van der Waals surface area contributed by atoms with Gasteiger partial charge in [-0.1, -0.05) is 31.2 Å². The van der Waals surface area contributed by atoms with Crippen LogP contribution in [0.2, 0.25) is 0 Å². The summed E-state index contributed by atoms with van der Waals surface area (Å²) in [5.41, 5.74) is 2.26. The highest BCUT2D eigenvalue weighted by Gasteiger charge is 2.38. The fourth-order valence-electron chi connectivity index (χ4n) is 3.11. The molecule has 0 aromatic heterocycles. The molecule has 1 saturated heterocycles. The number of hydrogen-bond donors (Lipinski definition) is 1. The number of rotatable bonds is 4. The van der Waals surface area contributed by atoms with Crippen molar-refractivity contribution in [2.45, 2.75) is 36.0 Å². The molecule has 1 heterocycles. The first-order valence-electron chi connectivity index (χ1n) is 7.84. The van der Waals surface area contributed by atoms with E-state index in [-0.39, 0.29) is 10.8 Å². The molecule has 5 heteroatoms. The van der Waals surface area contributed by atoms with Crippen LogP contribution in [0.25, 0.3) is 0 Å². The zero-order valence-electron chi connectivity index (χ0n) is 13.0. The minimum atomic E-state index is -3.55. The van der Waals surface area contributed by atoms with Gasteiger partial charge in [-0.05, 0) is 54.8 Å². The van der Waals surface area contributed by atoms with Gasteiger partial charge >= 0.3 is 0 Å². The molecule has 3 rings (SSSR count). The van der Waals surface area contributed by atoms with Crippen molar-refractivity contribution in [3.63, 3.8) is 0 Å². The van der Waals surface area contributed by atoms with E-state index in [1.54, 1.807) is 0 Å². The molecule has 0 saturated carbocycles. The third kappa shape index (κ3) is 3.16. The molecule has 0 amide bonds. The fraction of sp³-hybridized carbons (Fsp3) is 0.333. The van der Waals surface area contributed by atoms with E-state index in [1.807, 2.05) is 12.1 Å². The van der Waals surface area contributed by atoms with Crippen molar-refractivity contribution in [3.8, 4) is 0 Å². The molecule has 0 radical (unpaired) electrons. The standard InChI is InChI=1S/C18H20FNO2S/c1-2-13-3-5-14(6-4-13)17-11-12-20-18(17)23(21,22)16-9-7-15(19)8-10-16/h3-10,17-18,20H,2,11-12H2,1H3. The lowest BCUT2D eigenvalue weighted by molar-refractivity contribution is 0.558. The molecule has 2 atom stereocenters.